The average Bonchev–Trinajstić information content (AvgIpc) is 2.88. The molecule has 0 aliphatic heterocycles. The van der Waals surface area contributed by atoms with E-state index in [1.807, 2.05) is 6.92 Å². The fourth-order valence-corrected chi connectivity index (χ4v) is 6.31. The first kappa shape index (κ1) is 27.3. The van der Waals surface area contributed by atoms with Gasteiger partial charge in [-0.25, -0.2) is 16.8 Å². The van der Waals surface area contributed by atoms with Crippen molar-refractivity contribution in [3.05, 3.63) is 107 Å². The van der Waals surface area contributed by atoms with E-state index in [9.17, 15) is 21.6 Å². The molecule has 0 radical (unpaired) electrons. The third kappa shape index (κ3) is 6.57. The lowest BCUT2D eigenvalue weighted by molar-refractivity contribution is -0.114. The fourth-order valence-electron chi connectivity index (χ4n) is 3.47. The van der Waals surface area contributed by atoms with Gasteiger partial charge in [-0.05, 0) is 73.7 Å². The van der Waals surface area contributed by atoms with E-state index in [0.29, 0.717) is 21.5 Å². The molecule has 0 atom stereocenters. The van der Waals surface area contributed by atoms with E-state index in [1.165, 1.54) is 48.8 Å². The van der Waals surface area contributed by atoms with Gasteiger partial charge < -0.3 is 5.32 Å². The van der Waals surface area contributed by atoms with Crippen LogP contribution in [0.15, 0.2) is 112 Å². The highest BCUT2D eigenvalue weighted by Gasteiger charge is 2.27. The first-order valence-electron chi connectivity index (χ1n) is 11.2. The van der Waals surface area contributed by atoms with E-state index in [1.54, 1.807) is 48.5 Å². The van der Waals surface area contributed by atoms with Gasteiger partial charge in [0, 0.05) is 16.4 Å². The Morgan fingerprint density at radius 2 is 1.55 bits per heavy atom. The minimum Gasteiger partial charge on any atom is -0.325 e. The van der Waals surface area contributed by atoms with Gasteiger partial charge in [0.1, 0.15) is 6.54 Å². The molecule has 3 aromatic carbocycles. The quantitative estimate of drug-likeness (QED) is 0.279. The zero-order chi connectivity index (χ0) is 27.3. The summed E-state index contributed by atoms with van der Waals surface area (Å²) in [6.45, 7) is 1.34. The number of aromatic nitrogens is 1. The normalized spacial score (nSPS) is 11.5. The minimum absolute atomic E-state index is 0.0166. The molecule has 38 heavy (non-hydrogen) atoms. The first-order valence-corrected chi connectivity index (χ1v) is 14.9. The summed E-state index contributed by atoms with van der Waals surface area (Å²) >= 11 is 3.35. The smallest absolute Gasteiger partial charge is 0.264 e. The van der Waals surface area contributed by atoms with Crippen molar-refractivity contribution in [3.63, 3.8) is 0 Å². The van der Waals surface area contributed by atoms with Crippen LogP contribution in [0.5, 0.6) is 0 Å². The van der Waals surface area contributed by atoms with Crippen LogP contribution >= 0.6 is 15.9 Å². The zero-order valence-electron chi connectivity index (χ0n) is 20.1. The summed E-state index contributed by atoms with van der Waals surface area (Å²) in [5.41, 5.74) is 1.82. The summed E-state index contributed by atoms with van der Waals surface area (Å²) in [5.74, 6) is -0.607. The van der Waals surface area contributed by atoms with Crippen molar-refractivity contribution in [2.45, 2.75) is 16.7 Å². The maximum absolute atomic E-state index is 13.5. The Morgan fingerprint density at radius 1 is 0.868 bits per heavy atom. The van der Waals surface area contributed by atoms with Crippen LogP contribution in [0.1, 0.15) is 5.56 Å². The van der Waals surface area contributed by atoms with E-state index in [4.69, 9.17) is 0 Å². The van der Waals surface area contributed by atoms with E-state index in [0.717, 1.165) is 9.87 Å². The molecule has 0 fully saturated rings. The van der Waals surface area contributed by atoms with Crippen LogP contribution in [0.25, 0.3) is 0 Å². The fraction of sp³-hybridized carbons (Fsp3) is 0.0769. The number of hydrogen-bond acceptors (Lipinski definition) is 6. The SMILES string of the molecule is Cc1ccc(S(=O)(=O)N(CC(=O)Nc2ccc(S(=O)(=O)Nc3cccnc3)cc2)c2cccc(Br)c2)cc1. The molecule has 0 aliphatic carbocycles. The summed E-state index contributed by atoms with van der Waals surface area (Å²) < 4.78 is 56.4. The maximum atomic E-state index is 13.5. The predicted octanol–water partition coefficient (Wildman–Crippen LogP) is 4.79. The number of amides is 1. The minimum atomic E-state index is -4.07. The van der Waals surface area contributed by atoms with E-state index in [2.05, 4.69) is 31.0 Å². The number of aryl methyl sites for hydroxylation is 1. The van der Waals surface area contributed by atoms with Crippen molar-refractivity contribution in [1.29, 1.82) is 0 Å². The molecule has 0 bridgehead atoms. The first-order chi connectivity index (χ1) is 18.0. The number of pyridine rings is 1. The third-order valence-corrected chi connectivity index (χ3v) is 9.03. The van der Waals surface area contributed by atoms with Crippen molar-refractivity contribution < 1.29 is 21.6 Å². The number of anilines is 3. The van der Waals surface area contributed by atoms with E-state index >= 15 is 0 Å². The van der Waals surface area contributed by atoms with Crippen molar-refractivity contribution >= 4 is 58.9 Å². The van der Waals surface area contributed by atoms with Gasteiger partial charge in [-0.2, -0.15) is 0 Å². The predicted molar refractivity (Wildman–Crippen MR) is 150 cm³/mol. The number of carbonyl (C=O) groups excluding carboxylic acids is 1. The van der Waals surface area contributed by atoms with Gasteiger partial charge in [0.25, 0.3) is 20.0 Å². The molecule has 4 aromatic rings. The Hall–Kier alpha value is -3.74. The summed E-state index contributed by atoms with van der Waals surface area (Å²) in [7, 11) is -7.94. The lowest BCUT2D eigenvalue weighted by Crippen LogP contribution is -2.38. The van der Waals surface area contributed by atoms with Gasteiger partial charge in [-0.15, -0.1) is 0 Å². The second-order valence-electron chi connectivity index (χ2n) is 8.22. The van der Waals surface area contributed by atoms with Crippen LogP contribution in [0.4, 0.5) is 17.1 Å². The molecule has 9 nitrogen and oxygen atoms in total. The van der Waals surface area contributed by atoms with E-state index < -0.39 is 32.5 Å². The molecule has 0 aliphatic rings. The van der Waals surface area contributed by atoms with Gasteiger partial charge in [0.05, 0.1) is 27.4 Å². The van der Waals surface area contributed by atoms with Crippen LogP contribution < -0.4 is 14.3 Å². The lowest BCUT2D eigenvalue weighted by atomic mass is 10.2. The Balaban J connectivity index is 1.53. The number of sulfonamides is 2. The Kier molecular flexibility index (Phi) is 8.14. The summed E-state index contributed by atoms with van der Waals surface area (Å²) in [4.78, 5) is 16.9. The number of nitrogens with one attached hydrogen (secondary N) is 2. The molecule has 2 N–H and O–H groups in total. The molecular weight excluding hydrogens is 592 g/mol. The average molecular weight is 616 g/mol. The molecule has 4 rings (SSSR count). The number of benzene rings is 3. The molecule has 0 saturated heterocycles. The van der Waals surface area contributed by atoms with Crippen molar-refractivity contribution in [2.75, 3.05) is 20.9 Å². The molecule has 0 unspecified atom stereocenters. The Bertz CT molecular complexity index is 1650. The van der Waals surface area contributed by atoms with Crippen LogP contribution in [0, 0.1) is 6.92 Å². The Morgan fingerprint density at radius 3 is 2.18 bits per heavy atom. The van der Waals surface area contributed by atoms with Crippen LogP contribution in [0.2, 0.25) is 0 Å². The topological polar surface area (TPSA) is 126 Å². The van der Waals surface area contributed by atoms with E-state index in [-0.39, 0.29) is 9.79 Å². The van der Waals surface area contributed by atoms with Gasteiger partial charge in [0.2, 0.25) is 5.91 Å². The van der Waals surface area contributed by atoms with Gasteiger partial charge >= 0.3 is 0 Å². The molecule has 0 spiro atoms. The van der Waals surface area contributed by atoms with Crippen molar-refractivity contribution in [1.82, 2.24) is 4.98 Å². The third-order valence-electron chi connectivity index (χ3n) is 5.35. The Labute approximate surface area is 229 Å². The molecule has 0 saturated carbocycles. The summed E-state index contributed by atoms with van der Waals surface area (Å²) in [5, 5.41) is 2.64. The van der Waals surface area contributed by atoms with Crippen LogP contribution in [-0.2, 0) is 24.8 Å². The number of carbonyl (C=O) groups is 1. The van der Waals surface area contributed by atoms with Crippen LogP contribution in [0.3, 0.4) is 0 Å². The second kappa shape index (κ2) is 11.3. The second-order valence-corrected chi connectivity index (χ2v) is 12.7. The monoisotopic (exact) mass is 614 g/mol. The maximum Gasteiger partial charge on any atom is 0.264 e. The van der Waals surface area contributed by atoms with Gasteiger partial charge in [-0.3, -0.25) is 18.8 Å². The molecule has 1 amide bonds. The standard InChI is InChI=1S/C26H23BrN4O5S2/c1-19-7-11-25(12-8-19)38(35,36)31(23-6-2-4-20(27)16-23)18-26(32)29-21-9-13-24(14-10-21)37(33,34)30-22-5-3-15-28-17-22/h2-17,30H,18H2,1H3,(H,29,32). The van der Waals surface area contributed by atoms with Crippen molar-refractivity contribution in [2.24, 2.45) is 0 Å². The van der Waals surface area contributed by atoms with Crippen molar-refractivity contribution in [3.8, 4) is 0 Å². The molecule has 196 valence electrons. The highest BCUT2D eigenvalue weighted by Crippen LogP contribution is 2.27. The molecular formula is C26H23BrN4O5S2. The summed E-state index contributed by atoms with van der Waals surface area (Å²) in [6.07, 6.45) is 2.91. The molecule has 1 aromatic heterocycles. The van der Waals surface area contributed by atoms with Gasteiger partial charge in [-0.1, -0.05) is 39.7 Å². The zero-order valence-corrected chi connectivity index (χ0v) is 23.3. The highest BCUT2D eigenvalue weighted by atomic mass is 79.9. The number of rotatable bonds is 9. The number of halogens is 1. The lowest BCUT2D eigenvalue weighted by Gasteiger charge is -2.24. The number of hydrogen-bond donors (Lipinski definition) is 2. The van der Waals surface area contributed by atoms with Gasteiger partial charge in [0.15, 0.2) is 0 Å². The van der Waals surface area contributed by atoms with Crippen LogP contribution in [-0.4, -0.2) is 34.3 Å². The molecule has 1 heterocycles. The highest BCUT2D eigenvalue weighted by molar-refractivity contribution is 9.10. The summed E-state index contributed by atoms with van der Waals surface area (Å²) in [6, 6.07) is 21.7. The number of nitrogens with zero attached hydrogens (tertiary/aromatic N) is 2. The largest absolute Gasteiger partial charge is 0.325 e. The molecule has 12 heteroatoms.